The van der Waals surface area contributed by atoms with Crippen LogP contribution in [0.15, 0.2) is 0 Å². The summed E-state index contributed by atoms with van der Waals surface area (Å²) in [7, 11) is 2.13. The SMILES string of the molecule is C[C@H]1CO[C@@H](C(C)(C)C)N1C. The Kier molecular flexibility index (Phi) is 2.26. The number of likely N-dealkylation sites (N-methyl/N-ethyl adjacent to an activating group) is 1. The normalized spacial score (nSPS) is 34.6. The maximum absolute atomic E-state index is 5.67. The zero-order chi connectivity index (χ0) is 8.65. The lowest BCUT2D eigenvalue weighted by molar-refractivity contribution is -0.0376. The van der Waals surface area contributed by atoms with Crippen LogP contribution < -0.4 is 0 Å². The van der Waals surface area contributed by atoms with Gasteiger partial charge >= 0.3 is 0 Å². The molecule has 1 aliphatic rings. The number of ether oxygens (including phenoxy) is 1. The number of nitrogens with zero attached hydrogens (tertiary/aromatic N) is 1. The lowest BCUT2D eigenvalue weighted by Crippen LogP contribution is -2.40. The molecule has 1 heterocycles. The van der Waals surface area contributed by atoms with E-state index >= 15 is 0 Å². The Morgan fingerprint density at radius 1 is 1.36 bits per heavy atom. The fraction of sp³-hybridized carbons (Fsp3) is 1.00. The second kappa shape index (κ2) is 2.76. The summed E-state index contributed by atoms with van der Waals surface area (Å²) < 4.78 is 5.67. The fourth-order valence-electron chi connectivity index (χ4n) is 1.56. The monoisotopic (exact) mass is 157 g/mol. The van der Waals surface area contributed by atoms with Crippen LogP contribution in [0.3, 0.4) is 0 Å². The van der Waals surface area contributed by atoms with Crippen LogP contribution in [0.4, 0.5) is 0 Å². The molecule has 0 spiro atoms. The molecule has 0 amide bonds. The van der Waals surface area contributed by atoms with Crippen LogP contribution in [0.2, 0.25) is 0 Å². The highest BCUT2D eigenvalue weighted by Gasteiger charge is 2.36. The third-order valence-corrected chi connectivity index (χ3v) is 2.30. The smallest absolute Gasteiger partial charge is 0.115 e. The number of hydrogen-bond donors (Lipinski definition) is 0. The van der Waals surface area contributed by atoms with E-state index in [1.807, 2.05) is 0 Å². The van der Waals surface area contributed by atoms with Gasteiger partial charge in [0.2, 0.25) is 0 Å². The average Bonchev–Trinajstić information content (AvgIpc) is 2.11. The minimum Gasteiger partial charge on any atom is -0.361 e. The van der Waals surface area contributed by atoms with Crippen LogP contribution in [0.1, 0.15) is 27.7 Å². The van der Waals surface area contributed by atoms with Gasteiger partial charge in [-0.2, -0.15) is 0 Å². The summed E-state index contributed by atoms with van der Waals surface area (Å²) in [5.74, 6) is 0. The summed E-state index contributed by atoms with van der Waals surface area (Å²) in [6.45, 7) is 9.72. The van der Waals surface area contributed by atoms with Crippen molar-refractivity contribution in [3.05, 3.63) is 0 Å². The summed E-state index contributed by atoms with van der Waals surface area (Å²) in [6, 6.07) is 0.569. The topological polar surface area (TPSA) is 12.5 Å². The Hall–Kier alpha value is -0.0800. The van der Waals surface area contributed by atoms with Crippen molar-refractivity contribution in [3.8, 4) is 0 Å². The Labute approximate surface area is 69.5 Å². The van der Waals surface area contributed by atoms with E-state index in [1.165, 1.54) is 0 Å². The third kappa shape index (κ3) is 1.74. The van der Waals surface area contributed by atoms with E-state index in [-0.39, 0.29) is 11.6 Å². The van der Waals surface area contributed by atoms with Crippen LogP contribution >= 0.6 is 0 Å². The molecule has 66 valence electrons. The molecule has 0 aliphatic carbocycles. The van der Waals surface area contributed by atoms with Gasteiger partial charge in [-0.05, 0) is 14.0 Å². The maximum atomic E-state index is 5.67. The van der Waals surface area contributed by atoms with Crippen LogP contribution in [0.25, 0.3) is 0 Å². The fourth-order valence-corrected chi connectivity index (χ4v) is 1.56. The first-order valence-electron chi connectivity index (χ1n) is 4.26. The van der Waals surface area contributed by atoms with Gasteiger partial charge in [-0.1, -0.05) is 20.8 Å². The second-order valence-electron chi connectivity index (χ2n) is 4.57. The van der Waals surface area contributed by atoms with E-state index in [9.17, 15) is 0 Å². The highest BCUT2D eigenvalue weighted by atomic mass is 16.5. The van der Waals surface area contributed by atoms with Crippen molar-refractivity contribution >= 4 is 0 Å². The first-order chi connectivity index (χ1) is 4.93. The molecule has 0 saturated carbocycles. The summed E-state index contributed by atoms with van der Waals surface area (Å²) in [5, 5.41) is 0. The van der Waals surface area contributed by atoms with E-state index in [4.69, 9.17) is 4.74 Å². The van der Waals surface area contributed by atoms with Gasteiger partial charge in [0.1, 0.15) is 6.23 Å². The Bertz CT molecular complexity index is 139. The lowest BCUT2D eigenvalue weighted by atomic mass is 9.93. The molecule has 0 aromatic heterocycles. The summed E-state index contributed by atoms with van der Waals surface area (Å²) >= 11 is 0. The molecule has 1 fully saturated rings. The van der Waals surface area contributed by atoms with Crippen molar-refractivity contribution < 1.29 is 4.74 Å². The summed E-state index contributed by atoms with van der Waals surface area (Å²) in [5.41, 5.74) is 0.236. The van der Waals surface area contributed by atoms with Gasteiger partial charge in [0.25, 0.3) is 0 Å². The molecule has 0 bridgehead atoms. The first kappa shape index (κ1) is 9.01. The van der Waals surface area contributed by atoms with E-state index in [1.54, 1.807) is 0 Å². The van der Waals surface area contributed by atoms with Crippen LogP contribution in [-0.2, 0) is 4.74 Å². The molecule has 0 aromatic carbocycles. The highest BCUT2D eigenvalue weighted by Crippen LogP contribution is 2.29. The lowest BCUT2D eigenvalue weighted by Gasteiger charge is -2.32. The Morgan fingerprint density at radius 2 is 1.91 bits per heavy atom. The molecule has 2 heteroatoms. The summed E-state index contributed by atoms with van der Waals surface area (Å²) in [6.07, 6.45) is 0.289. The van der Waals surface area contributed by atoms with Crippen LogP contribution in [0, 0.1) is 5.41 Å². The predicted molar refractivity (Wildman–Crippen MR) is 46.4 cm³/mol. The molecule has 11 heavy (non-hydrogen) atoms. The van der Waals surface area contributed by atoms with E-state index in [0.29, 0.717) is 6.04 Å². The summed E-state index contributed by atoms with van der Waals surface area (Å²) in [4.78, 5) is 2.31. The van der Waals surface area contributed by atoms with E-state index < -0.39 is 0 Å². The van der Waals surface area contributed by atoms with Gasteiger partial charge in [-0.3, -0.25) is 4.90 Å². The van der Waals surface area contributed by atoms with Crippen LogP contribution in [0.5, 0.6) is 0 Å². The third-order valence-electron chi connectivity index (χ3n) is 2.30. The van der Waals surface area contributed by atoms with Crippen LogP contribution in [-0.4, -0.2) is 30.8 Å². The zero-order valence-electron chi connectivity index (χ0n) is 8.22. The Balaban J connectivity index is 2.62. The van der Waals surface area contributed by atoms with Crippen molar-refractivity contribution in [1.82, 2.24) is 4.90 Å². The first-order valence-corrected chi connectivity index (χ1v) is 4.26. The molecule has 0 N–H and O–H groups in total. The predicted octanol–water partition coefficient (Wildman–Crippen LogP) is 1.71. The molecule has 0 aromatic rings. The molecular formula is C9H19NO. The van der Waals surface area contributed by atoms with Gasteiger partial charge in [0, 0.05) is 11.5 Å². The molecule has 2 atom stereocenters. The standard InChI is InChI=1S/C9H19NO/c1-7-6-11-8(10(7)5)9(2,3)4/h7-8H,6H2,1-5H3/t7-,8-/m0/s1. The van der Waals surface area contributed by atoms with Crippen molar-refractivity contribution in [2.75, 3.05) is 13.7 Å². The molecule has 1 aliphatic heterocycles. The average molecular weight is 157 g/mol. The minimum absolute atomic E-state index is 0.236. The zero-order valence-corrected chi connectivity index (χ0v) is 8.22. The number of rotatable bonds is 0. The quantitative estimate of drug-likeness (QED) is 0.531. The van der Waals surface area contributed by atoms with Gasteiger partial charge in [0.15, 0.2) is 0 Å². The molecule has 2 nitrogen and oxygen atoms in total. The molecule has 0 radical (unpaired) electrons. The van der Waals surface area contributed by atoms with Gasteiger partial charge in [0.05, 0.1) is 6.61 Å². The van der Waals surface area contributed by atoms with E-state index in [2.05, 4.69) is 39.6 Å². The minimum atomic E-state index is 0.236. The number of hydrogen-bond acceptors (Lipinski definition) is 2. The van der Waals surface area contributed by atoms with Crippen molar-refractivity contribution in [3.63, 3.8) is 0 Å². The maximum Gasteiger partial charge on any atom is 0.115 e. The van der Waals surface area contributed by atoms with Gasteiger partial charge < -0.3 is 4.74 Å². The van der Waals surface area contributed by atoms with Crippen molar-refractivity contribution in [2.24, 2.45) is 5.41 Å². The molecule has 1 rings (SSSR count). The van der Waals surface area contributed by atoms with Gasteiger partial charge in [-0.15, -0.1) is 0 Å². The molecule has 1 saturated heterocycles. The van der Waals surface area contributed by atoms with Crippen molar-refractivity contribution in [2.45, 2.75) is 40.0 Å². The van der Waals surface area contributed by atoms with Crippen molar-refractivity contribution in [1.29, 1.82) is 0 Å². The second-order valence-corrected chi connectivity index (χ2v) is 4.57. The molecule has 0 unspecified atom stereocenters. The van der Waals surface area contributed by atoms with E-state index in [0.717, 1.165) is 6.61 Å². The van der Waals surface area contributed by atoms with Gasteiger partial charge in [-0.25, -0.2) is 0 Å². The largest absolute Gasteiger partial charge is 0.361 e. The highest BCUT2D eigenvalue weighted by molar-refractivity contribution is 4.82. The molecular weight excluding hydrogens is 138 g/mol. The Morgan fingerprint density at radius 3 is 2.09 bits per heavy atom.